The van der Waals surface area contributed by atoms with E-state index in [0.717, 1.165) is 12.1 Å². The zero-order chi connectivity index (χ0) is 15.3. The summed E-state index contributed by atoms with van der Waals surface area (Å²) in [6, 6.07) is 3.33. The quantitative estimate of drug-likeness (QED) is 0.521. The standard InChI is InChI=1S/C12H18FN3O3S/c1-8(2)19-5-6-20(17,18)16-11-4-3-9(13)7-10(11)12(14)15/h3-4,7-8,16H,5-6H2,1-2H3,(H3,14,15). The third-order valence-electron chi connectivity index (χ3n) is 2.34. The van der Waals surface area contributed by atoms with E-state index in [0.29, 0.717) is 0 Å². The second kappa shape index (κ2) is 6.67. The lowest BCUT2D eigenvalue weighted by Crippen LogP contribution is -2.23. The van der Waals surface area contributed by atoms with Crippen LogP contribution in [0.25, 0.3) is 0 Å². The van der Waals surface area contributed by atoms with E-state index in [9.17, 15) is 12.8 Å². The van der Waals surface area contributed by atoms with Crippen molar-refractivity contribution >= 4 is 21.5 Å². The SMILES string of the molecule is CC(C)OCCS(=O)(=O)Nc1ccc(F)cc1C(=N)N. The molecule has 0 aliphatic carbocycles. The Kier molecular flexibility index (Phi) is 5.46. The van der Waals surface area contributed by atoms with E-state index in [-0.39, 0.29) is 29.7 Å². The minimum atomic E-state index is -3.65. The van der Waals surface area contributed by atoms with Gasteiger partial charge in [0.1, 0.15) is 11.7 Å². The van der Waals surface area contributed by atoms with E-state index < -0.39 is 21.7 Å². The van der Waals surface area contributed by atoms with E-state index in [1.54, 1.807) is 13.8 Å². The fourth-order valence-electron chi connectivity index (χ4n) is 1.44. The molecule has 0 radical (unpaired) electrons. The Morgan fingerprint density at radius 1 is 1.50 bits per heavy atom. The van der Waals surface area contributed by atoms with Crippen LogP contribution in [0.3, 0.4) is 0 Å². The highest BCUT2D eigenvalue weighted by Crippen LogP contribution is 2.18. The van der Waals surface area contributed by atoms with Crippen LogP contribution >= 0.6 is 0 Å². The minimum absolute atomic E-state index is 0.00153. The van der Waals surface area contributed by atoms with Gasteiger partial charge >= 0.3 is 0 Å². The van der Waals surface area contributed by atoms with Crippen LogP contribution in [0.5, 0.6) is 0 Å². The summed E-state index contributed by atoms with van der Waals surface area (Å²) >= 11 is 0. The topological polar surface area (TPSA) is 105 Å². The monoisotopic (exact) mass is 303 g/mol. The Balaban J connectivity index is 2.84. The van der Waals surface area contributed by atoms with Gasteiger partial charge in [0, 0.05) is 5.56 Å². The van der Waals surface area contributed by atoms with Gasteiger partial charge in [0.2, 0.25) is 10.0 Å². The molecule has 0 aliphatic heterocycles. The summed E-state index contributed by atoms with van der Waals surface area (Å²) in [6.07, 6.45) is -0.0659. The van der Waals surface area contributed by atoms with Gasteiger partial charge < -0.3 is 10.5 Å². The molecule has 0 bridgehead atoms. The molecule has 8 heteroatoms. The number of anilines is 1. The molecule has 0 unspecified atom stereocenters. The molecule has 0 aliphatic rings. The van der Waals surface area contributed by atoms with Gasteiger partial charge in [0.05, 0.1) is 24.2 Å². The van der Waals surface area contributed by atoms with Crippen molar-refractivity contribution in [3.05, 3.63) is 29.6 Å². The molecule has 1 aromatic carbocycles. The summed E-state index contributed by atoms with van der Waals surface area (Å²) in [5, 5.41) is 7.33. The van der Waals surface area contributed by atoms with E-state index in [1.165, 1.54) is 6.07 Å². The fraction of sp³-hybridized carbons (Fsp3) is 0.417. The van der Waals surface area contributed by atoms with Crippen molar-refractivity contribution in [2.24, 2.45) is 5.73 Å². The summed E-state index contributed by atoms with van der Waals surface area (Å²) in [6.45, 7) is 3.64. The third-order valence-corrected chi connectivity index (χ3v) is 3.58. The molecule has 0 spiro atoms. The summed E-state index contributed by atoms with van der Waals surface area (Å²) in [7, 11) is -3.65. The average molecular weight is 303 g/mol. The Morgan fingerprint density at radius 3 is 2.70 bits per heavy atom. The van der Waals surface area contributed by atoms with Gasteiger partial charge in [0.25, 0.3) is 0 Å². The number of halogens is 1. The highest BCUT2D eigenvalue weighted by molar-refractivity contribution is 7.92. The number of nitrogens with one attached hydrogen (secondary N) is 2. The first kappa shape index (κ1) is 16.4. The van der Waals surface area contributed by atoms with Gasteiger partial charge in [-0.2, -0.15) is 0 Å². The molecular weight excluding hydrogens is 285 g/mol. The van der Waals surface area contributed by atoms with Gasteiger partial charge in [0.15, 0.2) is 0 Å². The summed E-state index contributed by atoms with van der Waals surface area (Å²) in [4.78, 5) is 0. The maximum absolute atomic E-state index is 13.1. The van der Waals surface area contributed by atoms with Crippen LogP contribution in [0.2, 0.25) is 0 Å². The molecule has 4 N–H and O–H groups in total. The first-order valence-electron chi connectivity index (χ1n) is 5.97. The molecule has 0 saturated heterocycles. The van der Waals surface area contributed by atoms with Crippen molar-refractivity contribution in [2.45, 2.75) is 20.0 Å². The van der Waals surface area contributed by atoms with Gasteiger partial charge in [-0.1, -0.05) is 0 Å². The van der Waals surface area contributed by atoms with Crippen LogP contribution in [-0.4, -0.2) is 32.7 Å². The average Bonchev–Trinajstić information content (AvgIpc) is 2.30. The predicted molar refractivity (Wildman–Crippen MR) is 75.9 cm³/mol. The van der Waals surface area contributed by atoms with Crippen molar-refractivity contribution in [2.75, 3.05) is 17.1 Å². The van der Waals surface area contributed by atoms with Crippen LogP contribution < -0.4 is 10.5 Å². The van der Waals surface area contributed by atoms with Crippen molar-refractivity contribution in [1.82, 2.24) is 0 Å². The number of sulfonamides is 1. The molecule has 0 atom stereocenters. The van der Waals surface area contributed by atoms with Gasteiger partial charge in [-0.3, -0.25) is 10.1 Å². The number of amidine groups is 1. The number of ether oxygens (including phenoxy) is 1. The Morgan fingerprint density at radius 2 is 2.15 bits per heavy atom. The lowest BCUT2D eigenvalue weighted by Gasteiger charge is -2.13. The van der Waals surface area contributed by atoms with Crippen molar-refractivity contribution < 1.29 is 17.5 Å². The normalized spacial score (nSPS) is 11.6. The first-order valence-corrected chi connectivity index (χ1v) is 7.62. The van der Waals surface area contributed by atoms with Gasteiger partial charge in [-0.25, -0.2) is 12.8 Å². The highest BCUT2D eigenvalue weighted by atomic mass is 32.2. The van der Waals surface area contributed by atoms with Crippen LogP contribution in [0.15, 0.2) is 18.2 Å². The van der Waals surface area contributed by atoms with Crippen molar-refractivity contribution in [1.29, 1.82) is 5.41 Å². The Bertz CT molecular complexity index is 588. The third kappa shape index (κ3) is 5.14. The second-order valence-electron chi connectivity index (χ2n) is 4.44. The van der Waals surface area contributed by atoms with Crippen LogP contribution in [0.4, 0.5) is 10.1 Å². The van der Waals surface area contributed by atoms with E-state index >= 15 is 0 Å². The number of benzene rings is 1. The van der Waals surface area contributed by atoms with Crippen molar-refractivity contribution in [3.8, 4) is 0 Å². The molecule has 1 rings (SSSR count). The zero-order valence-corrected chi connectivity index (χ0v) is 12.1. The number of nitrogens with two attached hydrogens (primary N) is 1. The Labute approximate surface area is 117 Å². The molecular formula is C12H18FN3O3S. The summed E-state index contributed by atoms with van der Waals surface area (Å²) in [5.74, 6) is -1.25. The minimum Gasteiger partial charge on any atom is -0.384 e. The van der Waals surface area contributed by atoms with Crippen LogP contribution in [-0.2, 0) is 14.8 Å². The lowest BCUT2D eigenvalue weighted by atomic mass is 10.1. The molecule has 0 saturated carbocycles. The summed E-state index contributed by atoms with van der Waals surface area (Å²) in [5.41, 5.74) is 5.37. The maximum Gasteiger partial charge on any atom is 0.235 e. The van der Waals surface area contributed by atoms with E-state index in [4.69, 9.17) is 15.9 Å². The smallest absolute Gasteiger partial charge is 0.235 e. The van der Waals surface area contributed by atoms with Gasteiger partial charge in [-0.05, 0) is 32.0 Å². The molecule has 6 nitrogen and oxygen atoms in total. The number of hydrogen-bond donors (Lipinski definition) is 3. The maximum atomic E-state index is 13.1. The lowest BCUT2D eigenvalue weighted by molar-refractivity contribution is 0.0913. The number of nitrogen functional groups attached to an aromatic ring is 1. The predicted octanol–water partition coefficient (Wildman–Crippen LogP) is 1.28. The number of hydrogen-bond acceptors (Lipinski definition) is 4. The molecule has 20 heavy (non-hydrogen) atoms. The summed E-state index contributed by atoms with van der Waals surface area (Å²) < 4.78 is 44.2. The number of rotatable bonds is 7. The van der Waals surface area contributed by atoms with Crippen LogP contribution in [0, 0.1) is 11.2 Å². The zero-order valence-electron chi connectivity index (χ0n) is 11.3. The molecule has 1 aromatic rings. The molecule has 112 valence electrons. The molecule has 0 amide bonds. The Hall–Kier alpha value is -1.67. The van der Waals surface area contributed by atoms with E-state index in [1.807, 2.05) is 0 Å². The van der Waals surface area contributed by atoms with E-state index in [2.05, 4.69) is 4.72 Å². The second-order valence-corrected chi connectivity index (χ2v) is 6.29. The first-order chi connectivity index (χ1) is 9.21. The highest BCUT2D eigenvalue weighted by Gasteiger charge is 2.15. The molecule has 0 heterocycles. The molecule has 0 fully saturated rings. The molecule has 0 aromatic heterocycles. The largest absolute Gasteiger partial charge is 0.384 e. The van der Waals surface area contributed by atoms with Crippen LogP contribution in [0.1, 0.15) is 19.4 Å². The van der Waals surface area contributed by atoms with Crippen molar-refractivity contribution in [3.63, 3.8) is 0 Å². The van der Waals surface area contributed by atoms with Gasteiger partial charge in [-0.15, -0.1) is 0 Å². The fourth-order valence-corrected chi connectivity index (χ4v) is 2.37.